The van der Waals surface area contributed by atoms with Gasteiger partial charge < -0.3 is 15.0 Å². The number of nitrogens with zero attached hydrogens (tertiary/aromatic N) is 1. The second-order valence-electron chi connectivity index (χ2n) is 7.16. The summed E-state index contributed by atoms with van der Waals surface area (Å²) < 4.78 is 19.0. The molecule has 1 fully saturated rings. The van der Waals surface area contributed by atoms with Gasteiger partial charge in [0.1, 0.15) is 11.4 Å². The molecule has 1 heterocycles. The molecule has 0 radical (unpaired) electrons. The number of nitrogens with one attached hydrogen (secondary N) is 1. The molecule has 0 aromatic heterocycles. The zero-order chi connectivity index (χ0) is 16.9. The van der Waals surface area contributed by atoms with Gasteiger partial charge in [0.15, 0.2) is 0 Å². The van der Waals surface area contributed by atoms with Crippen LogP contribution in [0.1, 0.15) is 39.2 Å². The summed E-state index contributed by atoms with van der Waals surface area (Å²) in [5.41, 5.74) is 0.208. The maximum Gasteiger partial charge on any atom is 0.410 e. The van der Waals surface area contributed by atoms with Crippen molar-refractivity contribution in [1.82, 2.24) is 10.2 Å². The Morgan fingerprint density at radius 3 is 2.83 bits per heavy atom. The highest BCUT2D eigenvalue weighted by Crippen LogP contribution is 2.19. The van der Waals surface area contributed by atoms with E-state index < -0.39 is 5.60 Å². The molecule has 1 amide bonds. The summed E-state index contributed by atoms with van der Waals surface area (Å²) in [7, 11) is 0. The van der Waals surface area contributed by atoms with Crippen LogP contribution in [0.5, 0.6) is 0 Å². The molecule has 1 aliphatic heterocycles. The summed E-state index contributed by atoms with van der Waals surface area (Å²) in [6, 6.07) is 6.79. The number of halogens is 1. The van der Waals surface area contributed by atoms with Crippen molar-refractivity contribution in [2.75, 3.05) is 19.6 Å². The number of piperidine rings is 1. The number of carbonyl (C=O) groups is 1. The first-order chi connectivity index (χ1) is 10.8. The number of carbonyl (C=O) groups excluding carboxylic acids is 1. The first-order valence-electron chi connectivity index (χ1n) is 8.27. The largest absolute Gasteiger partial charge is 0.444 e. The van der Waals surface area contributed by atoms with Crippen molar-refractivity contribution in [2.45, 2.75) is 45.8 Å². The summed E-state index contributed by atoms with van der Waals surface area (Å²) in [5.74, 6) is 0.196. The van der Waals surface area contributed by atoms with E-state index in [1.165, 1.54) is 6.07 Å². The van der Waals surface area contributed by atoms with Crippen LogP contribution in [0.3, 0.4) is 0 Å². The molecule has 2 rings (SSSR count). The Hall–Kier alpha value is -1.62. The molecule has 0 unspecified atom stereocenters. The molecule has 1 aromatic rings. The van der Waals surface area contributed by atoms with E-state index in [-0.39, 0.29) is 11.9 Å². The van der Waals surface area contributed by atoms with Gasteiger partial charge in [0.25, 0.3) is 0 Å². The average molecular weight is 322 g/mol. The predicted octanol–water partition coefficient (Wildman–Crippen LogP) is 3.56. The maximum absolute atomic E-state index is 13.6. The Morgan fingerprint density at radius 2 is 2.13 bits per heavy atom. The molecule has 1 aromatic carbocycles. The first-order valence-corrected chi connectivity index (χ1v) is 8.27. The van der Waals surface area contributed by atoms with Crippen LogP contribution in [0.2, 0.25) is 0 Å². The lowest BCUT2D eigenvalue weighted by Crippen LogP contribution is -2.45. The molecule has 5 heteroatoms. The number of rotatable bonds is 4. The second-order valence-corrected chi connectivity index (χ2v) is 7.16. The molecule has 23 heavy (non-hydrogen) atoms. The van der Waals surface area contributed by atoms with Crippen LogP contribution in [-0.2, 0) is 11.3 Å². The molecular weight excluding hydrogens is 295 g/mol. The molecule has 1 N–H and O–H groups in total. The van der Waals surface area contributed by atoms with Crippen molar-refractivity contribution in [3.63, 3.8) is 0 Å². The standard InChI is InChI=1S/C18H27FN2O2/c1-18(2,3)23-17(22)21-10-6-7-14(13-21)11-20-12-15-8-4-5-9-16(15)19/h4-5,8-9,14,20H,6-7,10-13H2,1-3H3/t14-/m0/s1. The highest BCUT2D eigenvalue weighted by molar-refractivity contribution is 5.68. The molecule has 1 atom stereocenters. The van der Waals surface area contributed by atoms with Gasteiger partial charge >= 0.3 is 6.09 Å². The van der Waals surface area contributed by atoms with Crippen LogP contribution in [0, 0.1) is 11.7 Å². The normalized spacial score (nSPS) is 18.8. The van der Waals surface area contributed by atoms with E-state index in [0.717, 1.165) is 25.9 Å². The van der Waals surface area contributed by atoms with Crippen LogP contribution in [0.25, 0.3) is 0 Å². The van der Waals surface area contributed by atoms with E-state index in [0.29, 0.717) is 24.6 Å². The Labute approximate surface area is 138 Å². The Morgan fingerprint density at radius 1 is 1.39 bits per heavy atom. The lowest BCUT2D eigenvalue weighted by Gasteiger charge is -2.34. The molecule has 0 aliphatic carbocycles. The summed E-state index contributed by atoms with van der Waals surface area (Å²) in [6.07, 6.45) is 1.81. The molecule has 0 saturated carbocycles. The van der Waals surface area contributed by atoms with Crippen molar-refractivity contribution >= 4 is 6.09 Å². The number of amides is 1. The summed E-state index contributed by atoms with van der Waals surface area (Å²) >= 11 is 0. The first kappa shape index (κ1) is 17.7. The highest BCUT2D eigenvalue weighted by atomic mass is 19.1. The minimum absolute atomic E-state index is 0.181. The summed E-state index contributed by atoms with van der Waals surface area (Å²) in [4.78, 5) is 13.9. The summed E-state index contributed by atoms with van der Waals surface area (Å²) in [5, 5.41) is 3.30. The third kappa shape index (κ3) is 5.82. The molecule has 4 nitrogen and oxygen atoms in total. The lowest BCUT2D eigenvalue weighted by molar-refractivity contribution is 0.0166. The summed E-state index contributed by atoms with van der Waals surface area (Å²) in [6.45, 7) is 8.36. The van der Waals surface area contributed by atoms with Crippen molar-refractivity contribution < 1.29 is 13.9 Å². The van der Waals surface area contributed by atoms with Gasteiger partial charge in [-0.15, -0.1) is 0 Å². The van der Waals surface area contributed by atoms with Crippen LogP contribution in [0.4, 0.5) is 9.18 Å². The van der Waals surface area contributed by atoms with Crippen molar-refractivity contribution in [3.05, 3.63) is 35.6 Å². The third-order valence-corrected chi connectivity index (χ3v) is 3.88. The lowest BCUT2D eigenvalue weighted by atomic mass is 9.98. The van der Waals surface area contributed by atoms with E-state index in [2.05, 4.69) is 5.32 Å². The molecule has 128 valence electrons. The number of hydrogen-bond acceptors (Lipinski definition) is 3. The van der Waals surface area contributed by atoms with Gasteiger partial charge in [-0.25, -0.2) is 9.18 Å². The van der Waals surface area contributed by atoms with Gasteiger partial charge in [-0.3, -0.25) is 0 Å². The quantitative estimate of drug-likeness (QED) is 0.921. The average Bonchev–Trinajstić information content (AvgIpc) is 2.48. The van der Waals surface area contributed by atoms with Gasteiger partial charge in [0.05, 0.1) is 0 Å². The van der Waals surface area contributed by atoms with E-state index in [1.807, 2.05) is 26.8 Å². The van der Waals surface area contributed by atoms with Gasteiger partial charge in [-0.2, -0.15) is 0 Å². The van der Waals surface area contributed by atoms with E-state index in [9.17, 15) is 9.18 Å². The fourth-order valence-corrected chi connectivity index (χ4v) is 2.78. The van der Waals surface area contributed by atoms with Crippen molar-refractivity contribution in [2.24, 2.45) is 5.92 Å². The van der Waals surface area contributed by atoms with Crippen LogP contribution >= 0.6 is 0 Å². The zero-order valence-electron chi connectivity index (χ0n) is 14.3. The Kier molecular flexibility index (Phi) is 5.99. The monoisotopic (exact) mass is 322 g/mol. The fraction of sp³-hybridized carbons (Fsp3) is 0.611. The topological polar surface area (TPSA) is 41.6 Å². The molecule has 1 aliphatic rings. The van der Waals surface area contributed by atoms with Crippen LogP contribution in [-0.4, -0.2) is 36.2 Å². The SMILES string of the molecule is CC(C)(C)OC(=O)N1CCC[C@@H](CNCc2ccccc2F)C1. The number of hydrogen-bond donors (Lipinski definition) is 1. The molecule has 0 bridgehead atoms. The maximum atomic E-state index is 13.6. The van der Waals surface area contributed by atoms with Gasteiger partial charge in [-0.1, -0.05) is 18.2 Å². The van der Waals surface area contributed by atoms with Gasteiger partial charge in [0.2, 0.25) is 0 Å². The zero-order valence-corrected chi connectivity index (χ0v) is 14.3. The smallest absolute Gasteiger partial charge is 0.410 e. The van der Waals surface area contributed by atoms with Gasteiger partial charge in [0, 0.05) is 25.2 Å². The molecule has 1 saturated heterocycles. The van der Waals surface area contributed by atoms with Crippen molar-refractivity contribution in [1.29, 1.82) is 0 Å². The number of likely N-dealkylation sites (tertiary alicyclic amines) is 1. The van der Waals surface area contributed by atoms with E-state index in [4.69, 9.17) is 4.74 Å². The van der Waals surface area contributed by atoms with E-state index in [1.54, 1.807) is 17.0 Å². The van der Waals surface area contributed by atoms with E-state index >= 15 is 0 Å². The van der Waals surface area contributed by atoms with Crippen LogP contribution < -0.4 is 5.32 Å². The van der Waals surface area contributed by atoms with Gasteiger partial charge in [-0.05, 0) is 52.1 Å². The molecule has 0 spiro atoms. The highest BCUT2D eigenvalue weighted by Gasteiger charge is 2.27. The second kappa shape index (κ2) is 7.77. The minimum Gasteiger partial charge on any atom is -0.444 e. The Balaban J connectivity index is 1.78. The van der Waals surface area contributed by atoms with Crippen molar-refractivity contribution in [3.8, 4) is 0 Å². The third-order valence-electron chi connectivity index (χ3n) is 3.88. The minimum atomic E-state index is -0.465. The Bertz CT molecular complexity index is 528. The molecular formula is C18H27FN2O2. The predicted molar refractivity (Wildman–Crippen MR) is 88.6 cm³/mol. The number of benzene rings is 1. The number of ether oxygens (including phenoxy) is 1. The fourth-order valence-electron chi connectivity index (χ4n) is 2.78. The van der Waals surface area contributed by atoms with Crippen LogP contribution in [0.15, 0.2) is 24.3 Å².